The topological polar surface area (TPSA) is 71.3 Å². The van der Waals surface area contributed by atoms with Gasteiger partial charge in [0, 0.05) is 46.0 Å². The van der Waals surface area contributed by atoms with Gasteiger partial charge in [-0.15, -0.1) is 0 Å². The number of carbonyl (C=O) groups is 2. The molecule has 0 aliphatic carbocycles. The van der Waals surface area contributed by atoms with Crippen molar-refractivity contribution in [1.82, 2.24) is 24.6 Å². The van der Waals surface area contributed by atoms with Crippen LogP contribution in [0.5, 0.6) is 0 Å². The molecule has 0 radical (unpaired) electrons. The summed E-state index contributed by atoms with van der Waals surface area (Å²) >= 11 is 0. The quantitative estimate of drug-likeness (QED) is 0.843. The van der Waals surface area contributed by atoms with E-state index in [1.807, 2.05) is 29.8 Å². The predicted molar refractivity (Wildman–Crippen MR) is 92.4 cm³/mol. The van der Waals surface area contributed by atoms with E-state index in [1.165, 1.54) is 6.92 Å². The highest BCUT2D eigenvalue weighted by Gasteiger charge is 2.34. The fourth-order valence-corrected chi connectivity index (χ4v) is 3.28. The van der Waals surface area contributed by atoms with Gasteiger partial charge in [-0.25, -0.2) is 0 Å². The highest BCUT2D eigenvalue weighted by atomic mass is 16.2. The highest BCUT2D eigenvalue weighted by molar-refractivity contribution is 5.85. The molecule has 25 heavy (non-hydrogen) atoms. The number of carbonyl (C=O) groups excluding carboxylic acids is 2. The third-order valence-electron chi connectivity index (χ3n) is 4.64. The fraction of sp³-hybridized carbons (Fsp3) is 0.444. The fourth-order valence-electron chi connectivity index (χ4n) is 3.28. The first-order valence-corrected chi connectivity index (χ1v) is 8.46. The second kappa shape index (κ2) is 7.04. The average Bonchev–Trinajstić information content (AvgIpc) is 3.07. The van der Waals surface area contributed by atoms with Gasteiger partial charge in [0.15, 0.2) is 0 Å². The number of hydrogen-bond acceptors (Lipinski definition) is 4. The van der Waals surface area contributed by atoms with Crippen molar-refractivity contribution < 1.29 is 9.59 Å². The number of aromatic nitrogens is 3. The van der Waals surface area contributed by atoms with Crippen LogP contribution in [0.1, 0.15) is 36.7 Å². The molecule has 7 nitrogen and oxygen atoms in total. The third kappa shape index (κ3) is 3.40. The number of nitrogens with zero attached hydrogens (tertiary/aromatic N) is 5. The first-order valence-electron chi connectivity index (χ1n) is 8.46. The van der Waals surface area contributed by atoms with Crippen LogP contribution in [0.2, 0.25) is 0 Å². The van der Waals surface area contributed by atoms with Crippen molar-refractivity contribution in [3.05, 3.63) is 47.5 Å². The Bertz CT molecular complexity index is 785. The zero-order valence-electron chi connectivity index (χ0n) is 14.8. The van der Waals surface area contributed by atoms with Crippen molar-refractivity contribution in [2.75, 3.05) is 13.6 Å². The lowest BCUT2D eigenvalue weighted by atomic mass is 9.93. The van der Waals surface area contributed by atoms with E-state index >= 15 is 0 Å². The normalized spacial score (nSPS) is 16.4. The largest absolute Gasteiger partial charge is 0.339 e. The van der Waals surface area contributed by atoms with E-state index in [9.17, 15) is 9.59 Å². The lowest BCUT2D eigenvalue weighted by Gasteiger charge is -2.34. The molecule has 7 heteroatoms. The van der Waals surface area contributed by atoms with Gasteiger partial charge in [-0.1, -0.05) is 6.07 Å². The number of likely N-dealkylation sites (N-methyl/N-ethyl adjacent to an activating group) is 1. The van der Waals surface area contributed by atoms with Crippen molar-refractivity contribution in [2.45, 2.75) is 39.4 Å². The van der Waals surface area contributed by atoms with Crippen LogP contribution >= 0.6 is 0 Å². The molecule has 1 aliphatic heterocycles. The monoisotopic (exact) mass is 341 g/mol. The Morgan fingerprint density at radius 2 is 2.12 bits per heavy atom. The van der Waals surface area contributed by atoms with Crippen LogP contribution in [-0.2, 0) is 29.2 Å². The molecule has 132 valence electrons. The van der Waals surface area contributed by atoms with Crippen LogP contribution in [0.25, 0.3) is 0 Å². The number of aryl methyl sites for hydroxylation is 1. The number of amides is 2. The zero-order chi connectivity index (χ0) is 18.0. The summed E-state index contributed by atoms with van der Waals surface area (Å²) in [7, 11) is 1.78. The summed E-state index contributed by atoms with van der Waals surface area (Å²) in [6, 6.07) is 5.69. The lowest BCUT2D eigenvalue weighted by Crippen LogP contribution is -2.44. The molecule has 0 N–H and O–H groups in total. The molecular formula is C18H23N5O2. The number of hydrogen-bond donors (Lipinski definition) is 0. The van der Waals surface area contributed by atoms with Gasteiger partial charge in [0.05, 0.1) is 23.9 Å². The van der Waals surface area contributed by atoms with Gasteiger partial charge in [-0.3, -0.25) is 19.3 Å². The summed E-state index contributed by atoms with van der Waals surface area (Å²) in [5.74, 6) is -0.495. The van der Waals surface area contributed by atoms with Crippen LogP contribution in [0.3, 0.4) is 0 Å². The Hall–Kier alpha value is -2.70. The maximum Gasteiger partial charge on any atom is 0.233 e. The van der Waals surface area contributed by atoms with E-state index in [1.54, 1.807) is 29.2 Å². The van der Waals surface area contributed by atoms with Gasteiger partial charge in [-0.05, 0) is 24.6 Å². The minimum Gasteiger partial charge on any atom is -0.339 e. The molecule has 2 amide bonds. The molecule has 1 unspecified atom stereocenters. The molecular weight excluding hydrogens is 318 g/mol. The van der Waals surface area contributed by atoms with Crippen molar-refractivity contribution >= 4 is 11.8 Å². The van der Waals surface area contributed by atoms with E-state index in [2.05, 4.69) is 10.1 Å². The number of pyridine rings is 1. The van der Waals surface area contributed by atoms with Gasteiger partial charge in [-0.2, -0.15) is 5.10 Å². The van der Waals surface area contributed by atoms with Gasteiger partial charge < -0.3 is 9.80 Å². The Morgan fingerprint density at radius 3 is 2.84 bits per heavy atom. The van der Waals surface area contributed by atoms with E-state index in [4.69, 9.17) is 0 Å². The van der Waals surface area contributed by atoms with Crippen molar-refractivity contribution in [3.63, 3.8) is 0 Å². The first kappa shape index (κ1) is 17.1. The van der Waals surface area contributed by atoms with E-state index in [0.717, 1.165) is 23.5 Å². The third-order valence-corrected chi connectivity index (χ3v) is 4.64. The minimum atomic E-state index is -0.433. The molecule has 1 atom stereocenters. The van der Waals surface area contributed by atoms with Gasteiger partial charge >= 0.3 is 0 Å². The summed E-state index contributed by atoms with van der Waals surface area (Å²) in [5.41, 5.74) is 2.70. The maximum absolute atomic E-state index is 13.1. The Labute approximate surface area is 147 Å². The second-order valence-corrected chi connectivity index (χ2v) is 6.33. The summed E-state index contributed by atoms with van der Waals surface area (Å²) in [4.78, 5) is 32.7. The van der Waals surface area contributed by atoms with Gasteiger partial charge in [0.25, 0.3) is 0 Å². The molecule has 1 aliphatic rings. The van der Waals surface area contributed by atoms with E-state index < -0.39 is 5.92 Å². The molecule has 0 saturated carbocycles. The summed E-state index contributed by atoms with van der Waals surface area (Å²) in [6.45, 7) is 5.67. The second-order valence-electron chi connectivity index (χ2n) is 6.33. The van der Waals surface area contributed by atoms with E-state index in [0.29, 0.717) is 19.6 Å². The van der Waals surface area contributed by atoms with Crippen LogP contribution < -0.4 is 0 Å². The molecule has 0 saturated heterocycles. The van der Waals surface area contributed by atoms with E-state index in [-0.39, 0.29) is 11.8 Å². The predicted octanol–water partition coefficient (Wildman–Crippen LogP) is 1.40. The molecule has 2 aromatic rings. The molecule has 0 fully saturated rings. The summed E-state index contributed by atoms with van der Waals surface area (Å²) < 4.78 is 1.87. The summed E-state index contributed by atoms with van der Waals surface area (Å²) in [5, 5.41) is 4.24. The van der Waals surface area contributed by atoms with Crippen LogP contribution in [0.15, 0.2) is 30.6 Å². The van der Waals surface area contributed by atoms with Crippen LogP contribution in [0.4, 0.5) is 0 Å². The smallest absolute Gasteiger partial charge is 0.233 e. The number of fused-ring (bicyclic) bond motifs is 1. The van der Waals surface area contributed by atoms with Crippen LogP contribution in [-0.4, -0.2) is 50.0 Å². The van der Waals surface area contributed by atoms with Crippen molar-refractivity contribution in [3.8, 4) is 0 Å². The van der Waals surface area contributed by atoms with Crippen LogP contribution in [0, 0.1) is 0 Å². The van der Waals surface area contributed by atoms with Gasteiger partial charge in [0.2, 0.25) is 11.8 Å². The van der Waals surface area contributed by atoms with Crippen molar-refractivity contribution in [1.29, 1.82) is 0 Å². The molecule has 0 aromatic carbocycles. The molecule has 3 heterocycles. The summed E-state index contributed by atoms with van der Waals surface area (Å²) in [6.07, 6.45) is 3.45. The minimum absolute atomic E-state index is 0.0287. The average molecular weight is 341 g/mol. The lowest BCUT2D eigenvalue weighted by molar-refractivity contribution is -0.135. The zero-order valence-corrected chi connectivity index (χ0v) is 14.8. The first-order chi connectivity index (χ1) is 12.0. The molecule has 2 aromatic heterocycles. The molecule has 3 rings (SSSR count). The molecule has 0 spiro atoms. The van der Waals surface area contributed by atoms with Gasteiger partial charge in [0.1, 0.15) is 0 Å². The standard InChI is InChI=1S/C18H23N5O2/c1-4-23-15(7-9-20-23)11-21(3)18(25)16-12-22(13(2)24)10-14-6-5-8-19-17(14)16/h5-9,16H,4,10-12H2,1-3H3. The molecule has 0 bridgehead atoms. The maximum atomic E-state index is 13.1. The van der Waals surface area contributed by atoms with Crippen molar-refractivity contribution in [2.24, 2.45) is 0 Å². The number of rotatable bonds is 4. The highest BCUT2D eigenvalue weighted by Crippen LogP contribution is 2.28. The SMILES string of the molecule is CCn1nccc1CN(C)C(=O)C1CN(C(C)=O)Cc2cccnc21. The Morgan fingerprint density at radius 1 is 1.32 bits per heavy atom. The Balaban J connectivity index is 1.83. The Kier molecular flexibility index (Phi) is 4.83.